The van der Waals surface area contributed by atoms with E-state index in [4.69, 9.17) is 4.74 Å². The Morgan fingerprint density at radius 3 is 2.69 bits per heavy atom. The van der Waals surface area contributed by atoms with Gasteiger partial charge in [0.05, 0.1) is 0 Å². The first-order valence-corrected chi connectivity index (χ1v) is 6.07. The normalized spacial score (nSPS) is 11.1. The van der Waals surface area contributed by atoms with Crippen LogP contribution in [0, 0.1) is 0 Å². The summed E-state index contributed by atoms with van der Waals surface area (Å²) in [5.41, 5.74) is 1.10. The predicted molar refractivity (Wildman–Crippen MR) is 69.4 cm³/mol. The molecule has 1 rings (SSSR count). The van der Waals surface area contributed by atoms with Crippen LogP contribution in [-0.2, 0) is 9.53 Å². The molecule has 0 spiro atoms. The van der Waals surface area contributed by atoms with Crippen molar-refractivity contribution in [3.8, 4) is 0 Å². The van der Waals surface area contributed by atoms with E-state index >= 15 is 0 Å². The highest BCUT2D eigenvalue weighted by molar-refractivity contribution is 9.09. The lowest BCUT2D eigenvalue weighted by Crippen LogP contribution is -2.02. The van der Waals surface area contributed by atoms with Crippen molar-refractivity contribution >= 4 is 28.0 Å². The van der Waals surface area contributed by atoms with E-state index in [1.165, 1.54) is 6.08 Å². The van der Waals surface area contributed by atoms with E-state index in [9.17, 15) is 4.79 Å². The maximum Gasteiger partial charge on any atom is 0.330 e. The molecule has 1 aromatic carbocycles. The number of ether oxygens (including phenoxy) is 1. The Balaban J connectivity index is 2.36. The van der Waals surface area contributed by atoms with Crippen molar-refractivity contribution in [3.05, 3.63) is 54.1 Å². The van der Waals surface area contributed by atoms with Crippen molar-refractivity contribution < 1.29 is 9.53 Å². The van der Waals surface area contributed by atoms with E-state index < -0.39 is 0 Å². The first-order valence-electron chi connectivity index (χ1n) is 4.95. The Bertz CT molecular complexity index is 369. The highest BCUT2D eigenvalue weighted by atomic mass is 79.9. The second kappa shape index (κ2) is 7.88. The van der Waals surface area contributed by atoms with Crippen LogP contribution in [0.25, 0.3) is 6.08 Å². The molecule has 84 valence electrons. The zero-order chi connectivity index (χ0) is 11.6. The molecular weight excluding hydrogens is 268 g/mol. The summed E-state index contributed by atoms with van der Waals surface area (Å²) in [4.78, 5) is 11.0. The molecule has 0 aromatic heterocycles. The number of rotatable bonds is 5. The minimum Gasteiger partial charge on any atom is -0.462 e. The summed E-state index contributed by atoms with van der Waals surface area (Å²) in [5, 5.41) is 0.659. The van der Waals surface area contributed by atoms with Gasteiger partial charge in [0, 0.05) is 11.4 Å². The summed E-state index contributed by atoms with van der Waals surface area (Å²) in [5.74, 6) is -0.322. The third-order valence-electron chi connectivity index (χ3n) is 1.75. The monoisotopic (exact) mass is 280 g/mol. The number of alkyl halides is 1. The number of carbonyl (C=O) groups excluding carboxylic acids is 1. The van der Waals surface area contributed by atoms with E-state index in [-0.39, 0.29) is 5.97 Å². The number of halogens is 1. The van der Waals surface area contributed by atoms with Gasteiger partial charge in [0.1, 0.15) is 6.61 Å². The van der Waals surface area contributed by atoms with Crippen LogP contribution < -0.4 is 0 Å². The average Bonchev–Trinajstić information content (AvgIpc) is 2.33. The first kappa shape index (κ1) is 12.7. The van der Waals surface area contributed by atoms with Crippen LogP contribution in [0.3, 0.4) is 0 Å². The molecule has 0 saturated heterocycles. The molecule has 0 amide bonds. The fraction of sp³-hybridized carbons (Fsp3) is 0.154. The van der Waals surface area contributed by atoms with Crippen molar-refractivity contribution in [2.24, 2.45) is 0 Å². The summed E-state index contributed by atoms with van der Waals surface area (Å²) >= 11 is 3.17. The third-order valence-corrected chi connectivity index (χ3v) is 2.08. The smallest absolute Gasteiger partial charge is 0.330 e. The number of hydrogen-bond donors (Lipinski definition) is 0. The summed E-state index contributed by atoms with van der Waals surface area (Å²) in [7, 11) is 0. The molecule has 16 heavy (non-hydrogen) atoms. The molecule has 3 heteroatoms. The molecule has 0 aliphatic rings. The van der Waals surface area contributed by atoms with Crippen molar-refractivity contribution in [3.63, 3.8) is 0 Å². The zero-order valence-corrected chi connectivity index (χ0v) is 10.4. The summed E-state index contributed by atoms with van der Waals surface area (Å²) in [6.07, 6.45) is 6.81. The maximum atomic E-state index is 11.0. The minimum absolute atomic E-state index is 0.322. The Morgan fingerprint density at radius 2 is 2.00 bits per heavy atom. The Hall–Kier alpha value is -1.35. The summed E-state index contributed by atoms with van der Waals surface area (Å²) < 4.78 is 4.84. The summed E-state index contributed by atoms with van der Waals surface area (Å²) in [6.45, 7) is 0.394. The molecule has 0 atom stereocenters. The highest BCUT2D eigenvalue weighted by Crippen LogP contribution is 2.00. The van der Waals surface area contributed by atoms with Crippen molar-refractivity contribution in [1.82, 2.24) is 0 Å². The van der Waals surface area contributed by atoms with Crippen molar-refractivity contribution in [2.75, 3.05) is 11.9 Å². The molecule has 0 radical (unpaired) electrons. The van der Waals surface area contributed by atoms with E-state index in [1.54, 1.807) is 6.08 Å². The minimum atomic E-state index is -0.322. The fourth-order valence-electron chi connectivity index (χ4n) is 1.05. The van der Waals surface area contributed by atoms with E-state index in [1.807, 2.05) is 42.5 Å². The number of esters is 1. The predicted octanol–water partition coefficient (Wildman–Crippen LogP) is 3.19. The van der Waals surface area contributed by atoms with E-state index in [0.29, 0.717) is 11.9 Å². The van der Waals surface area contributed by atoms with Crippen molar-refractivity contribution in [2.45, 2.75) is 0 Å². The maximum absolute atomic E-state index is 11.0. The standard InChI is InChI=1S/C13H13BrO2/c14-10-11-16-13(15)9-5-4-8-12-6-2-1-3-7-12/h1-9H,10-11H2/b8-4+,9-5-. The fourth-order valence-corrected chi connectivity index (χ4v) is 1.21. The number of carbonyl (C=O) groups is 1. The highest BCUT2D eigenvalue weighted by Gasteiger charge is 1.92. The van der Waals surface area contributed by atoms with Crippen molar-refractivity contribution in [1.29, 1.82) is 0 Å². The van der Waals surface area contributed by atoms with Crippen LogP contribution in [0.2, 0.25) is 0 Å². The molecule has 1 aromatic rings. The second-order valence-electron chi connectivity index (χ2n) is 2.99. The number of hydrogen-bond acceptors (Lipinski definition) is 2. The topological polar surface area (TPSA) is 26.3 Å². The van der Waals surface area contributed by atoms with Crippen LogP contribution in [0.15, 0.2) is 48.6 Å². The van der Waals surface area contributed by atoms with E-state index in [2.05, 4.69) is 15.9 Å². The van der Waals surface area contributed by atoms with Crippen LogP contribution in [-0.4, -0.2) is 17.9 Å². The average molecular weight is 281 g/mol. The lowest BCUT2D eigenvalue weighted by atomic mass is 10.2. The molecule has 0 aliphatic carbocycles. The van der Waals surface area contributed by atoms with Gasteiger partial charge >= 0.3 is 5.97 Å². The van der Waals surface area contributed by atoms with Crippen LogP contribution in [0.4, 0.5) is 0 Å². The van der Waals surface area contributed by atoms with Gasteiger partial charge in [-0.3, -0.25) is 0 Å². The van der Waals surface area contributed by atoms with Gasteiger partial charge in [0.15, 0.2) is 0 Å². The first-order chi connectivity index (χ1) is 7.83. The lowest BCUT2D eigenvalue weighted by molar-refractivity contribution is -0.137. The largest absolute Gasteiger partial charge is 0.462 e. The van der Waals surface area contributed by atoms with Gasteiger partial charge in [0.2, 0.25) is 0 Å². The molecule has 0 bridgehead atoms. The van der Waals surface area contributed by atoms with E-state index in [0.717, 1.165) is 5.56 Å². The molecule has 0 unspecified atom stereocenters. The van der Waals surface area contributed by atoms with Crippen LogP contribution in [0.1, 0.15) is 5.56 Å². The molecule has 0 fully saturated rings. The van der Waals surface area contributed by atoms with Crippen LogP contribution in [0.5, 0.6) is 0 Å². The van der Waals surface area contributed by atoms with Gasteiger partial charge in [-0.2, -0.15) is 0 Å². The molecule has 2 nitrogen and oxygen atoms in total. The lowest BCUT2D eigenvalue weighted by Gasteiger charge is -1.95. The molecule has 0 aliphatic heterocycles. The SMILES string of the molecule is O=C(/C=C\C=C\c1ccccc1)OCCBr. The van der Waals surface area contributed by atoms with Crippen LogP contribution >= 0.6 is 15.9 Å². The third kappa shape index (κ3) is 5.51. The Morgan fingerprint density at radius 1 is 1.25 bits per heavy atom. The second-order valence-corrected chi connectivity index (χ2v) is 3.78. The molecule has 0 heterocycles. The van der Waals surface area contributed by atoms with Gasteiger partial charge in [-0.15, -0.1) is 0 Å². The van der Waals surface area contributed by atoms with Gasteiger partial charge < -0.3 is 4.74 Å². The molecular formula is C13H13BrO2. The van der Waals surface area contributed by atoms with Gasteiger partial charge in [0.25, 0.3) is 0 Å². The number of benzene rings is 1. The van der Waals surface area contributed by atoms with Gasteiger partial charge in [-0.05, 0) is 5.56 Å². The van der Waals surface area contributed by atoms with Gasteiger partial charge in [-0.25, -0.2) is 4.79 Å². The molecule has 0 saturated carbocycles. The summed E-state index contributed by atoms with van der Waals surface area (Å²) in [6, 6.07) is 9.88. The molecule has 0 N–H and O–H groups in total. The van der Waals surface area contributed by atoms with Gasteiger partial charge in [-0.1, -0.05) is 64.5 Å². The zero-order valence-electron chi connectivity index (χ0n) is 8.80. The number of allylic oxidation sites excluding steroid dienone is 2. The Labute approximate surface area is 104 Å². The Kier molecular flexibility index (Phi) is 6.26. The quantitative estimate of drug-likeness (QED) is 0.358.